The number of carbonyl (C=O) groups is 1. The zero-order valence-electron chi connectivity index (χ0n) is 10.5. The van der Waals surface area contributed by atoms with E-state index in [0.29, 0.717) is 22.9 Å². The fourth-order valence-corrected chi connectivity index (χ4v) is 2.17. The number of halogens is 1. The molecule has 18 heavy (non-hydrogen) atoms. The Labute approximate surface area is 111 Å². The van der Waals surface area contributed by atoms with E-state index in [0.717, 1.165) is 18.4 Å². The van der Waals surface area contributed by atoms with Crippen LogP contribution in [-0.2, 0) is 11.2 Å². The van der Waals surface area contributed by atoms with Crippen LogP contribution in [0.3, 0.4) is 0 Å². The monoisotopic (exact) mass is 268 g/mol. The quantitative estimate of drug-likeness (QED) is 0.881. The van der Waals surface area contributed by atoms with Gasteiger partial charge in [-0.1, -0.05) is 11.6 Å². The standard InChI is InChI=1S/C13H17ClN2O2/c1-8(17)16-12-9(7-13(15)5-6-13)10(14)3-4-11(12)18-2/h3-4H,5-7,15H2,1-2H3,(H,16,17). The van der Waals surface area contributed by atoms with Crippen molar-refractivity contribution in [2.75, 3.05) is 12.4 Å². The molecule has 0 aromatic heterocycles. The highest BCUT2D eigenvalue weighted by Gasteiger charge is 2.39. The Morgan fingerprint density at radius 1 is 1.56 bits per heavy atom. The first-order valence-corrected chi connectivity index (χ1v) is 6.25. The minimum absolute atomic E-state index is 0.154. The summed E-state index contributed by atoms with van der Waals surface area (Å²) in [5.41, 5.74) is 7.44. The molecule has 2 rings (SSSR count). The third kappa shape index (κ3) is 2.76. The summed E-state index contributed by atoms with van der Waals surface area (Å²) in [7, 11) is 1.56. The number of nitrogens with two attached hydrogens (primary N) is 1. The lowest BCUT2D eigenvalue weighted by molar-refractivity contribution is -0.114. The average molecular weight is 269 g/mol. The molecule has 98 valence electrons. The summed E-state index contributed by atoms with van der Waals surface area (Å²) < 4.78 is 5.26. The number of amides is 1. The number of carbonyl (C=O) groups excluding carboxylic acids is 1. The van der Waals surface area contributed by atoms with Crippen LogP contribution >= 0.6 is 11.6 Å². The largest absolute Gasteiger partial charge is 0.495 e. The SMILES string of the molecule is COc1ccc(Cl)c(CC2(N)CC2)c1NC(C)=O. The van der Waals surface area contributed by atoms with Gasteiger partial charge in [0, 0.05) is 17.5 Å². The number of ether oxygens (including phenoxy) is 1. The third-order valence-electron chi connectivity index (χ3n) is 3.16. The van der Waals surface area contributed by atoms with Gasteiger partial charge in [-0.3, -0.25) is 4.79 Å². The first kappa shape index (κ1) is 13.2. The minimum atomic E-state index is -0.177. The van der Waals surface area contributed by atoms with Gasteiger partial charge in [0.15, 0.2) is 0 Å². The highest BCUT2D eigenvalue weighted by atomic mass is 35.5. The highest BCUT2D eigenvalue weighted by molar-refractivity contribution is 6.32. The van der Waals surface area contributed by atoms with E-state index in [9.17, 15) is 4.79 Å². The fourth-order valence-electron chi connectivity index (χ4n) is 1.95. The van der Waals surface area contributed by atoms with E-state index >= 15 is 0 Å². The summed E-state index contributed by atoms with van der Waals surface area (Å²) in [4.78, 5) is 11.3. The number of hydrogen-bond acceptors (Lipinski definition) is 3. The molecule has 0 radical (unpaired) electrons. The zero-order valence-corrected chi connectivity index (χ0v) is 11.3. The van der Waals surface area contributed by atoms with Gasteiger partial charge in [0.25, 0.3) is 0 Å². The zero-order chi connectivity index (χ0) is 13.3. The molecular formula is C13H17ClN2O2. The van der Waals surface area contributed by atoms with Crippen LogP contribution < -0.4 is 15.8 Å². The Balaban J connectivity index is 2.42. The van der Waals surface area contributed by atoms with Crippen LogP contribution in [0.4, 0.5) is 5.69 Å². The second-order valence-corrected chi connectivity index (χ2v) is 5.23. The minimum Gasteiger partial charge on any atom is -0.495 e. The molecule has 0 atom stereocenters. The summed E-state index contributed by atoms with van der Waals surface area (Å²) in [6.07, 6.45) is 2.62. The summed E-state index contributed by atoms with van der Waals surface area (Å²) in [6.45, 7) is 1.46. The first-order chi connectivity index (χ1) is 8.45. The molecule has 1 amide bonds. The van der Waals surface area contributed by atoms with Crippen molar-refractivity contribution in [3.05, 3.63) is 22.7 Å². The Morgan fingerprint density at radius 2 is 2.22 bits per heavy atom. The van der Waals surface area contributed by atoms with Crippen molar-refractivity contribution < 1.29 is 9.53 Å². The summed E-state index contributed by atoms with van der Waals surface area (Å²) in [5.74, 6) is 0.451. The summed E-state index contributed by atoms with van der Waals surface area (Å²) >= 11 is 6.21. The number of rotatable bonds is 4. The maximum atomic E-state index is 11.3. The highest BCUT2D eigenvalue weighted by Crippen LogP contribution is 2.42. The van der Waals surface area contributed by atoms with E-state index in [1.165, 1.54) is 6.92 Å². The van der Waals surface area contributed by atoms with Gasteiger partial charge in [0.2, 0.25) is 5.91 Å². The van der Waals surface area contributed by atoms with Gasteiger partial charge in [0.1, 0.15) is 5.75 Å². The number of hydrogen-bond donors (Lipinski definition) is 2. The topological polar surface area (TPSA) is 64.3 Å². The van der Waals surface area contributed by atoms with Crippen molar-refractivity contribution in [2.45, 2.75) is 31.7 Å². The van der Waals surface area contributed by atoms with Crippen LogP contribution in [0.1, 0.15) is 25.3 Å². The summed E-state index contributed by atoms with van der Waals surface area (Å²) in [5, 5.41) is 3.39. The molecule has 0 aliphatic heterocycles. The number of anilines is 1. The van der Waals surface area contributed by atoms with Gasteiger partial charge < -0.3 is 15.8 Å². The van der Waals surface area contributed by atoms with Gasteiger partial charge in [-0.25, -0.2) is 0 Å². The maximum Gasteiger partial charge on any atom is 0.221 e. The normalized spacial score (nSPS) is 16.2. The van der Waals surface area contributed by atoms with Gasteiger partial charge >= 0.3 is 0 Å². The smallest absolute Gasteiger partial charge is 0.221 e. The molecule has 3 N–H and O–H groups in total. The van der Waals surface area contributed by atoms with Crippen molar-refractivity contribution in [1.29, 1.82) is 0 Å². The van der Waals surface area contributed by atoms with E-state index in [1.54, 1.807) is 19.2 Å². The molecule has 0 spiro atoms. The lowest BCUT2D eigenvalue weighted by atomic mass is 10.0. The maximum absolute atomic E-state index is 11.3. The Bertz CT molecular complexity index is 484. The molecule has 0 unspecified atom stereocenters. The molecule has 1 aliphatic rings. The summed E-state index contributed by atoms with van der Waals surface area (Å²) in [6, 6.07) is 3.51. The van der Waals surface area contributed by atoms with Crippen molar-refractivity contribution in [2.24, 2.45) is 5.73 Å². The predicted molar refractivity (Wildman–Crippen MR) is 72.2 cm³/mol. The van der Waals surface area contributed by atoms with Gasteiger partial charge in [-0.15, -0.1) is 0 Å². The molecule has 4 nitrogen and oxygen atoms in total. The van der Waals surface area contributed by atoms with Crippen molar-refractivity contribution in [3.8, 4) is 5.75 Å². The van der Waals surface area contributed by atoms with Crippen LogP contribution in [-0.4, -0.2) is 18.6 Å². The van der Waals surface area contributed by atoms with Crippen molar-refractivity contribution in [3.63, 3.8) is 0 Å². The molecule has 0 saturated heterocycles. The predicted octanol–water partition coefficient (Wildman–Crippen LogP) is 2.34. The first-order valence-electron chi connectivity index (χ1n) is 5.87. The van der Waals surface area contributed by atoms with Gasteiger partial charge in [0.05, 0.1) is 12.8 Å². The second kappa shape index (κ2) is 4.78. The van der Waals surface area contributed by atoms with Crippen molar-refractivity contribution in [1.82, 2.24) is 0 Å². The van der Waals surface area contributed by atoms with E-state index in [1.807, 2.05) is 0 Å². The molecule has 1 aromatic carbocycles. The lowest BCUT2D eigenvalue weighted by Gasteiger charge is -2.18. The Morgan fingerprint density at radius 3 is 2.72 bits per heavy atom. The molecule has 0 heterocycles. The second-order valence-electron chi connectivity index (χ2n) is 4.82. The van der Waals surface area contributed by atoms with Crippen LogP contribution in [0.2, 0.25) is 5.02 Å². The van der Waals surface area contributed by atoms with E-state index in [-0.39, 0.29) is 11.4 Å². The van der Waals surface area contributed by atoms with Crippen LogP contribution in [0.25, 0.3) is 0 Å². The molecule has 0 bridgehead atoms. The third-order valence-corrected chi connectivity index (χ3v) is 3.51. The molecular weight excluding hydrogens is 252 g/mol. The van der Waals surface area contributed by atoms with Gasteiger partial charge in [-0.2, -0.15) is 0 Å². The molecule has 1 fully saturated rings. The Hall–Kier alpha value is -1.26. The van der Waals surface area contributed by atoms with Gasteiger partial charge in [-0.05, 0) is 37.0 Å². The van der Waals surface area contributed by atoms with E-state index in [4.69, 9.17) is 22.1 Å². The number of nitrogens with one attached hydrogen (secondary N) is 1. The Kier molecular flexibility index (Phi) is 3.50. The average Bonchev–Trinajstić information content (AvgIpc) is 3.02. The van der Waals surface area contributed by atoms with Crippen molar-refractivity contribution >= 4 is 23.2 Å². The number of benzene rings is 1. The lowest BCUT2D eigenvalue weighted by Crippen LogP contribution is -2.25. The molecule has 1 aliphatic carbocycles. The fraction of sp³-hybridized carbons (Fsp3) is 0.462. The van der Waals surface area contributed by atoms with Crippen LogP contribution in [0, 0.1) is 0 Å². The molecule has 1 aromatic rings. The molecule has 1 saturated carbocycles. The van der Waals surface area contributed by atoms with Crippen LogP contribution in [0.5, 0.6) is 5.75 Å². The molecule has 5 heteroatoms. The van der Waals surface area contributed by atoms with E-state index in [2.05, 4.69) is 5.32 Å². The van der Waals surface area contributed by atoms with Crippen LogP contribution in [0.15, 0.2) is 12.1 Å². The number of methoxy groups -OCH3 is 1. The van der Waals surface area contributed by atoms with E-state index < -0.39 is 0 Å².